The monoisotopic (exact) mass is 256 g/mol. The molecule has 1 rings (SSSR count). The van der Waals surface area contributed by atoms with E-state index in [0.717, 1.165) is 11.3 Å². The Labute approximate surface area is 106 Å². The van der Waals surface area contributed by atoms with Crippen molar-refractivity contribution >= 4 is 17.7 Å². The summed E-state index contributed by atoms with van der Waals surface area (Å²) in [4.78, 5) is 12.2. The maximum atomic E-state index is 12.6. The molecule has 17 heavy (non-hydrogen) atoms. The van der Waals surface area contributed by atoms with Crippen LogP contribution in [0, 0.1) is 11.7 Å². The van der Waals surface area contributed by atoms with E-state index in [9.17, 15) is 9.18 Å². The van der Waals surface area contributed by atoms with Gasteiger partial charge in [-0.25, -0.2) is 4.39 Å². The number of halogens is 1. The smallest absolute Gasteiger partial charge is 0.316 e. The quantitative estimate of drug-likeness (QED) is 0.575. The van der Waals surface area contributed by atoms with Crippen LogP contribution in [0.1, 0.15) is 20.3 Å². The van der Waals surface area contributed by atoms with Crippen molar-refractivity contribution in [2.24, 2.45) is 5.92 Å². The average molecular weight is 256 g/mol. The number of thioether (sulfide) groups is 1. The normalized spacial score (nSPS) is 10.6. The highest BCUT2D eigenvalue weighted by atomic mass is 32.2. The van der Waals surface area contributed by atoms with Crippen molar-refractivity contribution in [2.45, 2.75) is 25.2 Å². The molecule has 0 amide bonds. The summed E-state index contributed by atoms with van der Waals surface area (Å²) in [6.07, 6.45) is 0.882. The van der Waals surface area contributed by atoms with Gasteiger partial charge in [0.25, 0.3) is 0 Å². The fourth-order valence-electron chi connectivity index (χ4n) is 1.12. The highest BCUT2D eigenvalue weighted by Gasteiger charge is 2.05. The van der Waals surface area contributed by atoms with Crippen LogP contribution in [0.5, 0.6) is 0 Å². The number of hydrogen-bond acceptors (Lipinski definition) is 3. The molecule has 94 valence electrons. The van der Waals surface area contributed by atoms with E-state index in [4.69, 9.17) is 4.74 Å². The summed E-state index contributed by atoms with van der Waals surface area (Å²) in [7, 11) is 0. The third-order valence-electron chi connectivity index (χ3n) is 2.13. The zero-order chi connectivity index (χ0) is 12.7. The Balaban J connectivity index is 2.21. The van der Waals surface area contributed by atoms with Crippen molar-refractivity contribution in [3.63, 3.8) is 0 Å². The maximum absolute atomic E-state index is 12.6. The minimum Gasteiger partial charge on any atom is -0.465 e. The summed E-state index contributed by atoms with van der Waals surface area (Å²) in [5.74, 6) is 0.311. The van der Waals surface area contributed by atoms with Crippen molar-refractivity contribution in [1.82, 2.24) is 0 Å². The molecule has 0 atom stereocenters. The van der Waals surface area contributed by atoms with Gasteiger partial charge in [0.15, 0.2) is 0 Å². The molecule has 0 aliphatic heterocycles. The molecule has 0 saturated carbocycles. The second-order valence-electron chi connectivity index (χ2n) is 4.15. The third kappa shape index (κ3) is 6.31. The van der Waals surface area contributed by atoms with E-state index in [1.54, 1.807) is 12.1 Å². The van der Waals surface area contributed by atoms with Gasteiger partial charge in [-0.05, 0) is 36.6 Å². The van der Waals surface area contributed by atoms with Gasteiger partial charge in [0.05, 0.1) is 12.4 Å². The lowest BCUT2D eigenvalue weighted by Gasteiger charge is -2.06. The van der Waals surface area contributed by atoms with E-state index < -0.39 is 0 Å². The topological polar surface area (TPSA) is 26.3 Å². The molecule has 0 fully saturated rings. The van der Waals surface area contributed by atoms with Crippen LogP contribution >= 0.6 is 11.8 Å². The molecule has 0 bridgehead atoms. The molecule has 0 saturated heterocycles. The number of rotatable bonds is 6. The Morgan fingerprint density at radius 1 is 1.35 bits per heavy atom. The molecule has 2 nitrogen and oxygen atoms in total. The van der Waals surface area contributed by atoms with Crippen LogP contribution in [-0.4, -0.2) is 18.3 Å². The van der Waals surface area contributed by atoms with E-state index in [1.807, 2.05) is 0 Å². The minimum atomic E-state index is -0.270. The third-order valence-corrected chi connectivity index (χ3v) is 3.11. The van der Waals surface area contributed by atoms with Crippen molar-refractivity contribution in [3.05, 3.63) is 30.1 Å². The van der Waals surface area contributed by atoms with Gasteiger partial charge in [0.2, 0.25) is 0 Å². The summed E-state index contributed by atoms with van der Waals surface area (Å²) < 4.78 is 17.7. The lowest BCUT2D eigenvalue weighted by Crippen LogP contribution is -2.09. The van der Waals surface area contributed by atoms with Crippen molar-refractivity contribution < 1.29 is 13.9 Å². The van der Waals surface area contributed by atoms with Crippen LogP contribution in [0.15, 0.2) is 29.2 Å². The summed E-state index contributed by atoms with van der Waals surface area (Å²) in [6.45, 7) is 4.64. The second-order valence-corrected chi connectivity index (χ2v) is 5.19. The van der Waals surface area contributed by atoms with Gasteiger partial charge in [0.1, 0.15) is 5.82 Å². The Kier molecular flexibility index (Phi) is 6.05. The van der Waals surface area contributed by atoms with Crippen LogP contribution in [0.3, 0.4) is 0 Å². The summed E-state index contributed by atoms with van der Waals surface area (Å²) >= 11 is 1.35. The first kappa shape index (κ1) is 14.0. The molecule has 1 aromatic rings. The predicted octanol–water partition coefficient (Wildman–Crippen LogP) is 3.51. The number of carbonyl (C=O) groups excluding carboxylic acids is 1. The summed E-state index contributed by atoms with van der Waals surface area (Å²) in [5, 5.41) is 0. The highest BCUT2D eigenvalue weighted by molar-refractivity contribution is 8.00. The fraction of sp³-hybridized carbons (Fsp3) is 0.462. The molecule has 4 heteroatoms. The van der Waals surface area contributed by atoms with Crippen molar-refractivity contribution in [2.75, 3.05) is 12.4 Å². The van der Waals surface area contributed by atoms with Crippen molar-refractivity contribution in [3.8, 4) is 0 Å². The molecule has 0 heterocycles. The molecule has 0 aromatic heterocycles. The lowest BCUT2D eigenvalue weighted by atomic mass is 10.1. The molecular formula is C13H17FO2S. The minimum absolute atomic E-state index is 0.222. The van der Waals surface area contributed by atoms with Crippen LogP contribution in [0.25, 0.3) is 0 Å². The number of esters is 1. The molecule has 0 aliphatic rings. The van der Waals surface area contributed by atoms with Gasteiger partial charge >= 0.3 is 5.97 Å². The predicted molar refractivity (Wildman–Crippen MR) is 67.5 cm³/mol. The molecular weight excluding hydrogens is 239 g/mol. The standard InChI is InChI=1S/C13H17FO2S/c1-10(2)7-8-16-13(15)9-17-12-5-3-11(14)4-6-12/h3-6,10H,7-9H2,1-2H3. The van der Waals surface area contributed by atoms with E-state index >= 15 is 0 Å². The Morgan fingerprint density at radius 2 is 2.00 bits per heavy atom. The van der Waals surface area contributed by atoms with Crippen LogP contribution in [-0.2, 0) is 9.53 Å². The maximum Gasteiger partial charge on any atom is 0.316 e. The number of ether oxygens (including phenoxy) is 1. The van der Waals surface area contributed by atoms with Gasteiger partial charge in [0, 0.05) is 4.90 Å². The average Bonchev–Trinajstić information content (AvgIpc) is 2.28. The van der Waals surface area contributed by atoms with E-state index in [0.29, 0.717) is 12.5 Å². The van der Waals surface area contributed by atoms with Crippen molar-refractivity contribution in [1.29, 1.82) is 0 Å². The van der Waals surface area contributed by atoms with E-state index in [-0.39, 0.29) is 17.5 Å². The number of carbonyl (C=O) groups is 1. The number of hydrogen-bond donors (Lipinski definition) is 0. The number of benzene rings is 1. The lowest BCUT2D eigenvalue weighted by molar-refractivity contribution is -0.140. The largest absolute Gasteiger partial charge is 0.465 e. The summed E-state index contributed by atoms with van der Waals surface area (Å²) in [5.41, 5.74) is 0. The first-order valence-corrected chi connectivity index (χ1v) is 6.60. The molecule has 0 radical (unpaired) electrons. The Hall–Kier alpha value is -1.03. The van der Waals surface area contributed by atoms with Crippen LogP contribution in [0.2, 0.25) is 0 Å². The molecule has 1 aromatic carbocycles. The zero-order valence-electron chi connectivity index (χ0n) is 10.1. The van der Waals surface area contributed by atoms with Gasteiger partial charge in [-0.1, -0.05) is 13.8 Å². The highest BCUT2D eigenvalue weighted by Crippen LogP contribution is 2.18. The van der Waals surface area contributed by atoms with Gasteiger partial charge in [-0.2, -0.15) is 0 Å². The molecule has 0 aliphatic carbocycles. The van der Waals surface area contributed by atoms with Crippen LogP contribution < -0.4 is 0 Å². The molecule has 0 spiro atoms. The van der Waals surface area contributed by atoms with Gasteiger partial charge in [-0.3, -0.25) is 4.79 Å². The summed E-state index contributed by atoms with van der Waals surface area (Å²) in [6, 6.07) is 6.07. The van der Waals surface area contributed by atoms with Crippen LogP contribution in [0.4, 0.5) is 4.39 Å². The van der Waals surface area contributed by atoms with Gasteiger partial charge < -0.3 is 4.74 Å². The molecule has 0 N–H and O–H groups in total. The first-order chi connectivity index (χ1) is 8.08. The van der Waals surface area contributed by atoms with E-state index in [1.165, 1.54) is 23.9 Å². The van der Waals surface area contributed by atoms with E-state index in [2.05, 4.69) is 13.8 Å². The SMILES string of the molecule is CC(C)CCOC(=O)CSc1ccc(F)cc1. The fourth-order valence-corrected chi connectivity index (χ4v) is 1.82. The molecule has 0 unspecified atom stereocenters. The zero-order valence-corrected chi connectivity index (χ0v) is 10.9. The second kappa shape index (κ2) is 7.33. The Bertz CT molecular complexity index is 349. The van der Waals surface area contributed by atoms with Gasteiger partial charge in [-0.15, -0.1) is 11.8 Å². The first-order valence-electron chi connectivity index (χ1n) is 5.62. The Morgan fingerprint density at radius 3 is 2.59 bits per heavy atom.